The highest BCUT2D eigenvalue weighted by Crippen LogP contribution is 2.11. The minimum atomic E-state index is -3.85. The van der Waals surface area contributed by atoms with Crippen molar-refractivity contribution in [1.82, 2.24) is 0 Å². The number of halogens is 1. The van der Waals surface area contributed by atoms with Crippen molar-refractivity contribution in [2.24, 2.45) is 0 Å². The predicted octanol–water partition coefficient (Wildman–Crippen LogP) is 0.988. The van der Waals surface area contributed by atoms with Gasteiger partial charge in [0.05, 0.1) is 12.0 Å². The van der Waals surface area contributed by atoms with Crippen molar-refractivity contribution in [3.63, 3.8) is 0 Å². The van der Waals surface area contributed by atoms with Crippen LogP contribution < -0.4 is 25.0 Å². The maximum Gasteiger partial charge on any atom is 0.336 e. The lowest BCUT2D eigenvalue weighted by molar-refractivity contribution is -1.03. The Bertz CT molecular complexity index is 953. The van der Waals surface area contributed by atoms with Gasteiger partial charge in [0.1, 0.15) is 5.75 Å². The molecule has 0 bridgehead atoms. The molecule has 0 saturated heterocycles. The zero-order valence-corrected chi connectivity index (χ0v) is 17.4. The Hall–Kier alpha value is -1.90. The Balaban J connectivity index is 1.99. The molecule has 0 aromatic heterocycles. The van der Waals surface area contributed by atoms with Crippen LogP contribution in [0.4, 0.5) is 0 Å². The Morgan fingerprint density at radius 1 is 0.769 bits per heavy atom. The SMILES string of the molecule is COc1ccc([I+](OS(=O)(=O)c2ccc(C)cc2)c2ccccc2)cc1. The van der Waals surface area contributed by atoms with Crippen LogP contribution in [-0.4, -0.2) is 15.5 Å². The maximum absolute atomic E-state index is 12.8. The van der Waals surface area contributed by atoms with E-state index in [1.165, 1.54) is 0 Å². The predicted molar refractivity (Wildman–Crippen MR) is 96.3 cm³/mol. The van der Waals surface area contributed by atoms with E-state index in [2.05, 4.69) is 0 Å². The van der Waals surface area contributed by atoms with Crippen molar-refractivity contribution in [2.45, 2.75) is 11.8 Å². The van der Waals surface area contributed by atoms with Gasteiger partial charge in [-0.3, -0.25) is 0 Å². The quantitative estimate of drug-likeness (QED) is 0.492. The van der Waals surface area contributed by atoms with Gasteiger partial charge in [0, 0.05) is 0 Å². The summed E-state index contributed by atoms with van der Waals surface area (Å²) in [7, 11) is -2.25. The van der Waals surface area contributed by atoms with E-state index in [1.54, 1.807) is 31.4 Å². The molecule has 0 spiro atoms. The molecule has 0 aliphatic carbocycles. The molecule has 0 fully saturated rings. The van der Waals surface area contributed by atoms with Gasteiger partial charge in [0.25, 0.3) is 0 Å². The summed E-state index contributed by atoms with van der Waals surface area (Å²) in [4.78, 5) is 0.176. The molecule has 0 N–H and O–H groups in total. The Labute approximate surface area is 161 Å². The summed E-state index contributed by atoms with van der Waals surface area (Å²) in [6, 6.07) is 23.6. The third-order valence-electron chi connectivity index (χ3n) is 3.63. The third-order valence-corrected chi connectivity index (χ3v) is 11.0. The summed E-state index contributed by atoms with van der Waals surface area (Å²) in [5.41, 5.74) is 0.998. The second-order valence-corrected chi connectivity index (χ2v) is 12.0. The molecule has 3 rings (SSSR count). The van der Waals surface area contributed by atoms with E-state index >= 15 is 0 Å². The molecule has 6 heteroatoms. The van der Waals surface area contributed by atoms with Gasteiger partial charge in [-0.1, -0.05) is 35.9 Å². The van der Waals surface area contributed by atoms with Crippen molar-refractivity contribution in [3.05, 3.63) is 91.6 Å². The van der Waals surface area contributed by atoms with Crippen molar-refractivity contribution in [3.8, 4) is 5.75 Å². The minimum Gasteiger partial charge on any atom is -0.497 e. The van der Waals surface area contributed by atoms with Gasteiger partial charge in [-0.25, -0.2) is 0 Å². The molecule has 0 aliphatic heterocycles. The molecule has 3 aromatic rings. The highest BCUT2D eigenvalue weighted by atomic mass is 127. The normalized spacial score (nSPS) is 11.5. The lowest BCUT2D eigenvalue weighted by Gasteiger charge is -2.07. The molecule has 26 heavy (non-hydrogen) atoms. The van der Waals surface area contributed by atoms with Crippen LogP contribution in [0.15, 0.2) is 83.8 Å². The zero-order chi connectivity index (χ0) is 18.6. The number of hydrogen-bond donors (Lipinski definition) is 0. The molecule has 0 amide bonds. The summed E-state index contributed by atoms with van der Waals surface area (Å²) in [6.45, 7) is 1.91. The molecule has 0 unspecified atom stereocenters. The number of rotatable bonds is 6. The van der Waals surface area contributed by atoms with Crippen LogP contribution in [0.1, 0.15) is 5.56 Å². The van der Waals surface area contributed by atoms with Gasteiger partial charge in [-0.05, 0) is 58.0 Å². The second-order valence-electron chi connectivity index (χ2n) is 5.53. The van der Waals surface area contributed by atoms with E-state index < -0.39 is 30.4 Å². The average molecular weight is 482 g/mol. The van der Waals surface area contributed by atoms with Crippen LogP contribution in [0.5, 0.6) is 5.75 Å². The molecule has 1 radical (unpaired) electrons. The summed E-state index contributed by atoms with van der Waals surface area (Å²) >= 11 is -2.65. The first kappa shape index (κ1) is 18.9. The third kappa shape index (κ3) is 4.44. The van der Waals surface area contributed by atoms with Crippen molar-refractivity contribution >= 4 is 10.1 Å². The van der Waals surface area contributed by atoms with Crippen LogP contribution >= 0.6 is 0 Å². The molecule has 0 atom stereocenters. The minimum absolute atomic E-state index is 0.176. The van der Waals surface area contributed by atoms with Crippen LogP contribution in [-0.2, 0) is 12.6 Å². The van der Waals surface area contributed by atoms with Crippen molar-refractivity contribution in [1.29, 1.82) is 0 Å². The lowest BCUT2D eigenvalue weighted by Crippen LogP contribution is -3.85. The van der Waals surface area contributed by atoms with E-state index in [1.807, 2.05) is 61.5 Å². The maximum atomic E-state index is 12.8. The van der Waals surface area contributed by atoms with Crippen LogP contribution in [0.25, 0.3) is 0 Å². The standard InChI is InChI=1S/C20H19IO4S/c1-16-8-14-20(15-9-16)26(22,23)25-21(17-6-4-3-5-7-17)18-10-12-19(24-2)13-11-18/h3-15H,1-2H3/q+1. The van der Waals surface area contributed by atoms with E-state index in [4.69, 9.17) is 7.25 Å². The topological polar surface area (TPSA) is 52.6 Å². The highest BCUT2D eigenvalue weighted by Gasteiger charge is 2.37. The molecule has 4 nitrogen and oxygen atoms in total. The van der Waals surface area contributed by atoms with Crippen LogP contribution in [0.3, 0.4) is 0 Å². The van der Waals surface area contributed by atoms with E-state index in [0.29, 0.717) is 0 Å². The first-order valence-electron chi connectivity index (χ1n) is 7.90. The number of benzene rings is 3. The van der Waals surface area contributed by atoms with Gasteiger partial charge in [0.2, 0.25) is 0 Å². The molecule has 3 aromatic carbocycles. The smallest absolute Gasteiger partial charge is 0.336 e. The van der Waals surface area contributed by atoms with Crippen LogP contribution in [0.2, 0.25) is 0 Å². The van der Waals surface area contributed by atoms with Crippen LogP contribution in [0, 0.1) is 14.1 Å². The fourth-order valence-corrected chi connectivity index (χ4v) is 9.18. The van der Waals surface area contributed by atoms with E-state index in [0.717, 1.165) is 18.5 Å². The molecule has 0 saturated carbocycles. The lowest BCUT2D eigenvalue weighted by atomic mass is 10.2. The summed E-state index contributed by atoms with van der Waals surface area (Å²) in [5.74, 6) is 0.721. The van der Waals surface area contributed by atoms with Gasteiger partial charge in [-0.2, -0.15) is 8.42 Å². The number of aryl methyl sites for hydroxylation is 1. The van der Waals surface area contributed by atoms with E-state index in [9.17, 15) is 8.42 Å². The molecular formula is C20H19IO4S+. The molecule has 0 heterocycles. The summed E-state index contributed by atoms with van der Waals surface area (Å²) in [5, 5.41) is 0. The first-order chi connectivity index (χ1) is 12.5. The van der Waals surface area contributed by atoms with Gasteiger partial charge in [-0.15, -0.1) is 0 Å². The monoisotopic (exact) mass is 482 g/mol. The highest BCUT2D eigenvalue weighted by molar-refractivity contribution is 7.86. The fourth-order valence-electron chi connectivity index (χ4n) is 2.24. The second kappa shape index (κ2) is 8.20. The summed E-state index contributed by atoms with van der Waals surface area (Å²) < 4.78 is 38.4. The number of methoxy groups -OCH3 is 1. The number of hydrogen-bond acceptors (Lipinski definition) is 4. The Morgan fingerprint density at radius 2 is 1.35 bits per heavy atom. The Kier molecular flexibility index (Phi) is 5.95. The van der Waals surface area contributed by atoms with Crippen molar-refractivity contribution in [2.75, 3.05) is 7.11 Å². The van der Waals surface area contributed by atoms with Gasteiger partial charge >= 0.3 is 30.4 Å². The zero-order valence-electron chi connectivity index (χ0n) is 14.4. The summed E-state index contributed by atoms with van der Waals surface area (Å²) in [6.07, 6.45) is 0. The Morgan fingerprint density at radius 3 is 1.92 bits per heavy atom. The first-order valence-corrected chi connectivity index (χ1v) is 12.3. The molecule has 135 valence electrons. The van der Waals surface area contributed by atoms with E-state index in [-0.39, 0.29) is 4.90 Å². The molecular weight excluding hydrogens is 463 g/mol. The number of ether oxygens (including phenoxy) is 1. The average Bonchev–Trinajstić information content (AvgIpc) is 2.67. The van der Waals surface area contributed by atoms with Crippen molar-refractivity contribution < 1.29 is 35.9 Å². The van der Waals surface area contributed by atoms with Gasteiger partial charge < -0.3 is 4.74 Å². The fraction of sp³-hybridized carbons (Fsp3) is 0.100. The molecule has 0 aliphatic rings. The largest absolute Gasteiger partial charge is 0.497 e. The van der Waals surface area contributed by atoms with Gasteiger partial charge in [0.15, 0.2) is 7.14 Å².